The zero-order valence-corrected chi connectivity index (χ0v) is 43.8. The van der Waals surface area contributed by atoms with Crippen LogP contribution < -0.4 is 48.3 Å². The Morgan fingerprint density at radius 3 is 1.74 bits per heavy atom. The van der Waals surface area contributed by atoms with Crippen molar-refractivity contribution in [3.05, 3.63) is 71.8 Å². The number of aliphatic carboxylic acids is 3. The zero-order valence-electron chi connectivity index (χ0n) is 43.8. The van der Waals surface area contributed by atoms with Crippen LogP contribution in [0.15, 0.2) is 60.7 Å². The first-order chi connectivity index (χ1) is 36.2. The quantitative estimate of drug-likeness (QED) is 0.0461. The van der Waals surface area contributed by atoms with E-state index in [1.165, 1.54) is 13.8 Å². The Bertz CT molecular complexity index is 2360. The van der Waals surface area contributed by atoms with Gasteiger partial charge in [0.25, 0.3) is 0 Å². The molecule has 26 heteroatoms. The lowest BCUT2D eigenvalue weighted by molar-refractivity contribution is -0.310. The SMILES string of the molecule is CC(C)C[C@H](NC(=O)[C@H](Cc1ccccc1)NC(=O)[C@@H](NC1OOC(=O)CC[C@H](NC(=O)[C@H](Cc2ccccc2)NC(=O)[C@@H](N)CCC(=O)O)C(=O)N[C@@H](CC(=O)O)C(=O)N[C@H]1CC(C)C)[C@@H](C)O)C(=O)N[C@@H](C)C(=O)O. The molecule has 2 aromatic carbocycles. The fraction of sp³-hybridized carbons (Fsp3) is 0.549. The van der Waals surface area contributed by atoms with E-state index in [-0.39, 0.29) is 43.9 Å². The average molecular weight is 1080 g/mol. The van der Waals surface area contributed by atoms with E-state index in [0.29, 0.717) is 11.1 Å². The predicted molar refractivity (Wildman–Crippen MR) is 272 cm³/mol. The molecule has 0 saturated carbocycles. The summed E-state index contributed by atoms with van der Waals surface area (Å²) < 4.78 is 0. The van der Waals surface area contributed by atoms with Gasteiger partial charge in [-0.15, -0.1) is 0 Å². The van der Waals surface area contributed by atoms with Crippen molar-refractivity contribution >= 4 is 65.2 Å². The van der Waals surface area contributed by atoms with Gasteiger partial charge < -0.3 is 63.4 Å². The Balaban J connectivity index is 2.00. The van der Waals surface area contributed by atoms with Gasteiger partial charge in [0.2, 0.25) is 41.4 Å². The summed E-state index contributed by atoms with van der Waals surface area (Å²) in [6.07, 6.45) is -6.67. The van der Waals surface area contributed by atoms with Crippen LogP contribution in [0.4, 0.5) is 0 Å². The Kier molecular flexibility index (Phi) is 26.1. The topological polar surface area (TPSA) is 409 Å². The number of benzene rings is 2. The summed E-state index contributed by atoms with van der Waals surface area (Å²) in [6, 6.07) is 3.27. The van der Waals surface area contributed by atoms with Gasteiger partial charge in [0.15, 0.2) is 6.23 Å². The second kappa shape index (κ2) is 31.5. The highest BCUT2D eigenvalue weighted by molar-refractivity contribution is 5.97. The van der Waals surface area contributed by atoms with Gasteiger partial charge in [0, 0.05) is 19.3 Å². The monoisotopic (exact) mass is 1080 g/mol. The van der Waals surface area contributed by atoms with Crippen molar-refractivity contribution in [3.63, 3.8) is 0 Å². The third-order valence-electron chi connectivity index (χ3n) is 12.0. The van der Waals surface area contributed by atoms with Crippen LogP contribution >= 0.6 is 0 Å². The highest BCUT2D eigenvalue weighted by atomic mass is 17.2. The van der Waals surface area contributed by atoms with Crippen molar-refractivity contribution in [1.82, 2.24) is 42.5 Å². The molecule has 1 unspecified atom stereocenters. The van der Waals surface area contributed by atoms with Gasteiger partial charge in [0.05, 0.1) is 31.0 Å². The molecule has 424 valence electrons. The van der Waals surface area contributed by atoms with Gasteiger partial charge in [-0.1, -0.05) is 88.4 Å². The normalized spacial score (nSPS) is 20.0. The molecule has 26 nitrogen and oxygen atoms in total. The van der Waals surface area contributed by atoms with E-state index < -0.39 is 158 Å². The fourth-order valence-corrected chi connectivity index (χ4v) is 7.90. The maximum atomic E-state index is 14.4. The minimum Gasteiger partial charge on any atom is -0.481 e. The van der Waals surface area contributed by atoms with Crippen LogP contribution in [0, 0.1) is 11.8 Å². The number of carboxylic acid groups (broad SMARTS) is 3. The van der Waals surface area contributed by atoms with E-state index in [9.17, 15) is 68.1 Å². The van der Waals surface area contributed by atoms with E-state index in [4.69, 9.17) is 20.6 Å². The fourth-order valence-electron chi connectivity index (χ4n) is 7.90. The number of nitrogens with one attached hydrogen (secondary N) is 8. The number of carboxylic acids is 3. The highest BCUT2D eigenvalue weighted by Crippen LogP contribution is 2.16. The van der Waals surface area contributed by atoms with Crippen LogP contribution in [0.25, 0.3) is 0 Å². The number of hydrogen-bond acceptors (Lipinski definition) is 16. The van der Waals surface area contributed by atoms with Gasteiger partial charge in [-0.2, -0.15) is 4.89 Å². The van der Waals surface area contributed by atoms with E-state index >= 15 is 0 Å². The Labute approximate surface area is 445 Å². The first-order valence-electron chi connectivity index (χ1n) is 25.2. The van der Waals surface area contributed by atoms with Crippen molar-refractivity contribution in [1.29, 1.82) is 0 Å². The number of carbonyl (C=O) groups excluding carboxylic acids is 8. The summed E-state index contributed by atoms with van der Waals surface area (Å²) in [5.74, 6) is -12.6. The summed E-state index contributed by atoms with van der Waals surface area (Å²) in [5.41, 5.74) is 7.02. The molecule has 14 N–H and O–H groups in total. The third kappa shape index (κ3) is 22.7. The highest BCUT2D eigenvalue weighted by Gasteiger charge is 2.39. The summed E-state index contributed by atoms with van der Waals surface area (Å²) in [7, 11) is 0. The molecule has 0 aliphatic carbocycles. The molecular weight excluding hydrogens is 1010 g/mol. The standard InChI is InChI=1S/C51H73N9O17/c1-26(2)21-34(45(69)53-28(5)51(74)75)56-47(71)36(24-31-15-11-8-12-16-31)58-49(73)42(29(6)61)60-50-38(22-27(3)4)59-48(72)37(25-40(64)65)57-44(68)33(18-20-41(66)76-77-50)54-46(70)35(23-30-13-9-7-10-14-30)55-43(67)32(52)17-19-39(62)63/h7-16,26-29,32-38,42,50,60-61H,17-25,52H2,1-6H3,(H,53,69)(H,54,70)(H,55,67)(H,56,71)(H,57,68)(H,58,73)(H,59,72)(H,62,63)(H,64,65)(H,74,75)/t28-,29+,32-,33-,34-,35-,36-,37-,38-,42-,50?/m0/s1. The summed E-state index contributed by atoms with van der Waals surface area (Å²) in [6.45, 7) is 9.43. The van der Waals surface area contributed by atoms with Crippen LogP contribution in [-0.4, -0.2) is 152 Å². The smallest absolute Gasteiger partial charge is 0.342 e. The molecule has 1 aliphatic heterocycles. The Morgan fingerprint density at radius 1 is 0.675 bits per heavy atom. The van der Waals surface area contributed by atoms with Gasteiger partial charge >= 0.3 is 23.9 Å². The number of aliphatic hydroxyl groups excluding tert-OH is 1. The molecule has 1 saturated heterocycles. The molecule has 3 rings (SSSR count). The van der Waals surface area contributed by atoms with Gasteiger partial charge in [0.1, 0.15) is 42.3 Å². The second-order valence-corrected chi connectivity index (χ2v) is 19.7. The third-order valence-corrected chi connectivity index (χ3v) is 12.0. The zero-order chi connectivity index (χ0) is 57.5. The first kappa shape index (κ1) is 63.7. The molecular formula is C51H73N9O17. The van der Waals surface area contributed by atoms with Crippen molar-refractivity contribution in [3.8, 4) is 0 Å². The van der Waals surface area contributed by atoms with E-state index in [1.54, 1.807) is 88.4 Å². The van der Waals surface area contributed by atoms with Crippen LogP contribution in [0.3, 0.4) is 0 Å². The lowest BCUT2D eigenvalue weighted by Crippen LogP contribution is -2.64. The molecule has 0 aromatic heterocycles. The average Bonchev–Trinajstić information content (AvgIpc) is 3.35. The summed E-state index contributed by atoms with van der Waals surface area (Å²) >= 11 is 0. The molecule has 77 heavy (non-hydrogen) atoms. The van der Waals surface area contributed by atoms with E-state index in [1.807, 2.05) is 0 Å². The Hall–Kier alpha value is -7.55. The maximum absolute atomic E-state index is 14.4. The maximum Gasteiger partial charge on any atom is 0.342 e. The van der Waals surface area contributed by atoms with Gasteiger partial charge in [-0.25, -0.2) is 4.79 Å². The molecule has 1 heterocycles. The molecule has 0 radical (unpaired) electrons. The number of nitrogens with two attached hydrogens (primary N) is 1. The molecule has 11 atom stereocenters. The van der Waals surface area contributed by atoms with Crippen molar-refractivity contribution in [2.75, 3.05) is 0 Å². The van der Waals surface area contributed by atoms with Crippen LogP contribution in [0.1, 0.15) is 97.6 Å². The number of carbonyl (C=O) groups is 11. The first-order valence-corrected chi connectivity index (χ1v) is 25.2. The van der Waals surface area contributed by atoms with Crippen LogP contribution in [0.5, 0.6) is 0 Å². The molecule has 1 aliphatic rings. The van der Waals surface area contributed by atoms with Crippen molar-refractivity contribution in [2.45, 2.75) is 166 Å². The molecule has 0 bridgehead atoms. The number of amides is 7. The van der Waals surface area contributed by atoms with E-state index in [0.717, 1.165) is 0 Å². The minimum absolute atomic E-state index is 0.0468. The van der Waals surface area contributed by atoms with Gasteiger partial charge in [-0.3, -0.25) is 58.1 Å². The lowest BCUT2D eigenvalue weighted by atomic mass is 9.99. The minimum atomic E-state index is -1.86. The number of rotatable bonds is 27. The molecule has 0 spiro atoms. The second-order valence-electron chi connectivity index (χ2n) is 19.7. The van der Waals surface area contributed by atoms with Crippen molar-refractivity contribution < 1.29 is 82.9 Å². The van der Waals surface area contributed by atoms with Crippen LogP contribution in [0.2, 0.25) is 0 Å². The molecule has 1 fully saturated rings. The van der Waals surface area contributed by atoms with E-state index in [2.05, 4.69) is 42.5 Å². The summed E-state index contributed by atoms with van der Waals surface area (Å²) in [4.78, 5) is 156. The predicted octanol–water partition coefficient (Wildman–Crippen LogP) is -1.34. The molecule has 2 aromatic rings. The lowest BCUT2D eigenvalue weighted by Gasteiger charge is -2.33. The summed E-state index contributed by atoms with van der Waals surface area (Å²) in [5, 5.41) is 59.7. The van der Waals surface area contributed by atoms with Crippen LogP contribution in [-0.2, 0) is 75.4 Å². The number of hydrogen-bond donors (Lipinski definition) is 13. The Morgan fingerprint density at radius 2 is 1.22 bits per heavy atom. The largest absolute Gasteiger partial charge is 0.481 e. The van der Waals surface area contributed by atoms with Crippen molar-refractivity contribution in [2.24, 2.45) is 17.6 Å². The number of aliphatic hydroxyl groups is 1. The molecule has 7 amide bonds. The van der Waals surface area contributed by atoms with Gasteiger partial charge in [-0.05, 0) is 62.5 Å².